The van der Waals surface area contributed by atoms with Gasteiger partial charge < -0.3 is 19.9 Å². The van der Waals surface area contributed by atoms with E-state index in [1.807, 2.05) is 23.6 Å². The number of carbonyl (C=O) groups excluding carboxylic acids is 2. The fourth-order valence-corrected chi connectivity index (χ4v) is 5.71. The minimum Gasteiger partial charge on any atom is -0.494 e. The fraction of sp³-hybridized carbons (Fsp3) is 0.333. The number of carbonyl (C=O) groups is 2. The van der Waals surface area contributed by atoms with Gasteiger partial charge >= 0.3 is 0 Å². The van der Waals surface area contributed by atoms with Crippen LogP contribution in [-0.2, 0) is 9.36 Å². The number of para-hydroxylation sites is 1. The Labute approximate surface area is 202 Å². The number of hydrogen-bond acceptors (Lipinski definition) is 8. The molecule has 0 aliphatic heterocycles. The molecule has 8 nitrogen and oxygen atoms in total. The van der Waals surface area contributed by atoms with Crippen molar-refractivity contribution in [3.05, 3.63) is 41.4 Å². The van der Waals surface area contributed by atoms with Gasteiger partial charge in [-0.3, -0.25) is 9.59 Å². The minimum absolute atomic E-state index is 0.0386. The standard InChI is InChI=1S/C24H27N4O4PS/c1-5-19(29)16-12-25-20(27-23(30)14-9-10-14)11-18(16)26-17-8-6-7-15(22(17)32-2)24-28-21(13-34-24)33(3,4)31/h6-8,11-14H,5,9-10H2,1-4H3,(H2,25,26,27,30). The molecule has 1 saturated carbocycles. The Morgan fingerprint density at radius 3 is 2.62 bits per heavy atom. The summed E-state index contributed by atoms with van der Waals surface area (Å²) in [5.74, 6) is 0.832. The first-order valence-corrected chi connectivity index (χ1v) is 14.5. The molecule has 0 bridgehead atoms. The third-order valence-corrected chi connectivity index (χ3v) is 7.87. The van der Waals surface area contributed by atoms with Gasteiger partial charge in [-0.25, -0.2) is 9.97 Å². The van der Waals surface area contributed by atoms with Crippen LogP contribution in [0.4, 0.5) is 17.2 Å². The predicted molar refractivity (Wildman–Crippen MR) is 137 cm³/mol. The van der Waals surface area contributed by atoms with Gasteiger partial charge in [0, 0.05) is 30.0 Å². The lowest BCUT2D eigenvalue weighted by Gasteiger charge is -2.17. The van der Waals surface area contributed by atoms with Crippen molar-refractivity contribution in [3.8, 4) is 16.3 Å². The first-order valence-electron chi connectivity index (χ1n) is 11.0. The number of nitrogens with one attached hydrogen (secondary N) is 2. The van der Waals surface area contributed by atoms with E-state index in [0.29, 0.717) is 45.4 Å². The molecule has 178 valence electrons. The van der Waals surface area contributed by atoms with Crippen molar-refractivity contribution in [2.75, 3.05) is 31.1 Å². The molecule has 1 amide bonds. The number of amides is 1. The summed E-state index contributed by atoms with van der Waals surface area (Å²) >= 11 is 1.40. The molecule has 4 rings (SSSR count). The number of pyridine rings is 1. The van der Waals surface area contributed by atoms with Crippen LogP contribution < -0.4 is 20.8 Å². The lowest BCUT2D eigenvalue weighted by Crippen LogP contribution is -2.15. The summed E-state index contributed by atoms with van der Waals surface area (Å²) in [5.41, 5.74) is 2.90. The second-order valence-corrected chi connectivity index (χ2v) is 12.5. The number of thiazole rings is 1. The highest BCUT2D eigenvalue weighted by Gasteiger charge is 2.30. The van der Waals surface area contributed by atoms with Gasteiger partial charge in [0.1, 0.15) is 23.4 Å². The number of aromatic nitrogens is 2. The molecule has 0 radical (unpaired) electrons. The van der Waals surface area contributed by atoms with Crippen molar-refractivity contribution < 1.29 is 18.9 Å². The maximum atomic E-state index is 12.6. The summed E-state index contributed by atoms with van der Waals surface area (Å²) in [7, 11) is -0.921. The van der Waals surface area contributed by atoms with E-state index in [1.54, 1.807) is 33.4 Å². The number of ketones is 1. The number of anilines is 3. The van der Waals surface area contributed by atoms with Crippen molar-refractivity contribution in [2.45, 2.75) is 26.2 Å². The van der Waals surface area contributed by atoms with Gasteiger partial charge in [-0.2, -0.15) is 0 Å². The first kappa shape index (κ1) is 24.1. The van der Waals surface area contributed by atoms with Gasteiger partial charge in [0.15, 0.2) is 11.5 Å². The van der Waals surface area contributed by atoms with E-state index >= 15 is 0 Å². The molecule has 1 aromatic carbocycles. The summed E-state index contributed by atoms with van der Waals surface area (Å²) in [5, 5.41) is 8.63. The number of rotatable bonds is 9. The minimum atomic E-state index is -2.49. The third kappa shape index (κ3) is 5.21. The number of Topliss-reactive ketones (excluding diaryl/α,β-unsaturated/α-hetero) is 1. The van der Waals surface area contributed by atoms with Crippen molar-refractivity contribution in [2.24, 2.45) is 5.92 Å². The van der Waals surface area contributed by atoms with E-state index in [9.17, 15) is 14.2 Å². The molecule has 10 heteroatoms. The summed E-state index contributed by atoms with van der Waals surface area (Å²) in [6.07, 6.45) is 3.58. The quantitative estimate of drug-likeness (QED) is 0.310. The van der Waals surface area contributed by atoms with E-state index in [2.05, 4.69) is 20.6 Å². The average molecular weight is 499 g/mol. The third-order valence-electron chi connectivity index (χ3n) is 5.49. The number of benzene rings is 1. The molecule has 1 fully saturated rings. The Morgan fingerprint density at radius 2 is 2.00 bits per heavy atom. The lowest BCUT2D eigenvalue weighted by molar-refractivity contribution is -0.117. The highest BCUT2D eigenvalue weighted by atomic mass is 32.1. The summed E-state index contributed by atoms with van der Waals surface area (Å²) in [4.78, 5) is 33.6. The highest BCUT2D eigenvalue weighted by Crippen LogP contribution is 2.42. The molecule has 0 atom stereocenters. The molecule has 1 aliphatic rings. The molecule has 2 N–H and O–H groups in total. The van der Waals surface area contributed by atoms with Gasteiger partial charge in [0.2, 0.25) is 5.91 Å². The number of methoxy groups -OCH3 is 1. The summed E-state index contributed by atoms with van der Waals surface area (Å²) in [6, 6.07) is 7.25. The Morgan fingerprint density at radius 1 is 1.24 bits per heavy atom. The molecule has 3 aromatic rings. The van der Waals surface area contributed by atoms with E-state index in [-0.39, 0.29) is 17.6 Å². The molecule has 0 spiro atoms. The zero-order valence-corrected chi connectivity index (χ0v) is 21.3. The van der Waals surface area contributed by atoms with Crippen LogP contribution in [-0.4, -0.2) is 42.1 Å². The van der Waals surface area contributed by atoms with Crippen LogP contribution in [0, 0.1) is 5.92 Å². The monoisotopic (exact) mass is 498 g/mol. The van der Waals surface area contributed by atoms with Crippen LogP contribution in [0.1, 0.15) is 36.5 Å². The molecular formula is C24H27N4O4PS. The van der Waals surface area contributed by atoms with Crippen LogP contribution in [0.2, 0.25) is 0 Å². The molecule has 2 aromatic heterocycles. The van der Waals surface area contributed by atoms with Crippen LogP contribution in [0.5, 0.6) is 5.75 Å². The van der Waals surface area contributed by atoms with Crippen molar-refractivity contribution in [3.63, 3.8) is 0 Å². The van der Waals surface area contributed by atoms with E-state index < -0.39 is 7.14 Å². The fourth-order valence-electron chi connectivity index (χ4n) is 3.42. The Kier molecular flexibility index (Phi) is 6.86. The van der Waals surface area contributed by atoms with Crippen LogP contribution in [0.3, 0.4) is 0 Å². The maximum Gasteiger partial charge on any atom is 0.228 e. The average Bonchev–Trinajstić information content (AvgIpc) is 3.54. The van der Waals surface area contributed by atoms with Crippen LogP contribution in [0.15, 0.2) is 35.8 Å². The lowest BCUT2D eigenvalue weighted by atomic mass is 10.1. The smallest absolute Gasteiger partial charge is 0.228 e. The van der Waals surface area contributed by atoms with Crippen molar-refractivity contribution in [1.29, 1.82) is 0 Å². The van der Waals surface area contributed by atoms with Crippen molar-refractivity contribution in [1.82, 2.24) is 9.97 Å². The SMILES string of the molecule is CCC(=O)c1cnc(NC(=O)C2CC2)cc1Nc1cccc(-c2nc(P(C)(C)=O)cs2)c1OC. The van der Waals surface area contributed by atoms with Gasteiger partial charge in [-0.15, -0.1) is 11.3 Å². The summed E-state index contributed by atoms with van der Waals surface area (Å²) < 4.78 is 18.2. The zero-order valence-electron chi connectivity index (χ0n) is 19.5. The maximum absolute atomic E-state index is 12.6. The highest BCUT2D eigenvalue weighted by molar-refractivity contribution is 7.70. The molecule has 0 saturated heterocycles. The Bertz CT molecular complexity index is 1300. The van der Waals surface area contributed by atoms with E-state index in [4.69, 9.17) is 4.74 Å². The molecule has 34 heavy (non-hydrogen) atoms. The Balaban J connectivity index is 1.71. The largest absolute Gasteiger partial charge is 0.494 e. The molecule has 1 aliphatic carbocycles. The molecule has 2 heterocycles. The number of nitrogens with zero attached hydrogens (tertiary/aromatic N) is 2. The number of ether oxygens (including phenoxy) is 1. The second-order valence-electron chi connectivity index (χ2n) is 8.53. The van der Waals surface area contributed by atoms with Crippen LogP contribution in [0.25, 0.3) is 10.6 Å². The predicted octanol–water partition coefficient (Wildman–Crippen LogP) is 5.15. The molecule has 0 unspecified atom stereocenters. The number of hydrogen-bond donors (Lipinski definition) is 2. The van der Waals surface area contributed by atoms with Gasteiger partial charge in [0.25, 0.3) is 0 Å². The molecular weight excluding hydrogens is 471 g/mol. The normalized spacial score (nSPS) is 13.4. The van der Waals surface area contributed by atoms with Gasteiger partial charge in [0.05, 0.1) is 29.6 Å². The van der Waals surface area contributed by atoms with E-state index in [1.165, 1.54) is 17.5 Å². The van der Waals surface area contributed by atoms with E-state index in [0.717, 1.165) is 18.4 Å². The van der Waals surface area contributed by atoms with Gasteiger partial charge in [-0.05, 0) is 38.3 Å². The zero-order chi connectivity index (χ0) is 24.5. The summed E-state index contributed by atoms with van der Waals surface area (Å²) in [6.45, 7) is 5.17. The van der Waals surface area contributed by atoms with Crippen LogP contribution >= 0.6 is 18.5 Å². The second kappa shape index (κ2) is 9.68. The Hall–Kier alpha value is -3.03. The van der Waals surface area contributed by atoms with Crippen molar-refractivity contribution >= 4 is 52.8 Å². The first-order chi connectivity index (χ1) is 16.2. The van der Waals surface area contributed by atoms with Gasteiger partial charge in [-0.1, -0.05) is 13.0 Å². The topological polar surface area (TPSA) is 110 Å².